The zero-order valence-electron chi connectivity index (χ0n) is 18.8. The van der Waals surface area contributed by atoms with E-state index in [2.05, 4.69) is 140 Å². The molecule has 31 heavy (non-hydrogen) atoms. The molecule has 0 aliphatic rings. The van der Waals surface area contributed by atoms with Crippen molar-refractivity contribution in [2.24, 2.45) is 0 Å². The van der Waals surface area contributed by atoms with Crippen molar-refractivity contribution >= 4 is 42.0 Å². The molecule has 2 heteroatoms. The van der Waals surface area contributed by atoms with Crippen molar-refractivity contribution in [2.75, 3.05) is 0 Å². The van der Waals surface area contributed by atoms with E-state index in [0.717, 1.165) is 6.42 Å². The molecule has 0 atom stereocenters. The molecule has 0 nitrogen and oxygen atoms in total. The fourth-order valence-corrected chi connectivity index (χ4v) is 12.8. The van der Waals surface area contributed by atoms with Crippen molar-refractivity contribution in [2.45, 2.75) is 34.1 Å². The first-order valence-corrected chi connectivity index (χ1v) is 15.2. The molecule has 0 saturated heterocycles. The third-order valence-corrected chi connectivity index (χ3v) is 16.3. The molecule has 0 unspecified atom stereocenters. The quantitative estimate of drug-likeness (QED) is 0.276. The minimum atomic E-state index is -3.15. The Morgan fingerprint density at radius 2 is 1.03 bits per heavy atom. The average molecular weight is 489 g/mol. The van der Waals surface area contributed by atoms with Gasteiger partial charge in [0.25, 0.3) is 0 Å². The van der Waals surface area contributed by atoms with E-state index in [9.17, 15) is 0 Å². The summed E-state index contributed by atoms with van der Waals surface area (Å²) in [6, 6.07) is 36.3. The molecule has 0 amide bonds. The predicted octanol–water partition coefficient (Wildman–Crippen LogP) is 6.64. The molecule has 0 aliphatic carbocycles. The van der Waals surface area contributed by atoms with Crippen LogP contribution in [0.3, 0.4) is 0 Å². The summed E-state index contributed by atoms with van der Waals surface area (Å²) in [7, 11) is 0. The van der Waals surface area contributed by atoms with Gasteiger partial charge in [0.2, 0.25) is 0 Å². The van der Waals surface area contributed by atoms with E-state index in [-0.39, 0.29) is 0 Å². The number of benzene rings is 4. The normalized spacial score (nSPS) is 12.9. The first-order valence-electron chi connectivity index (χ1n) is 10.9. The van der Waals surface area contributed by atoms with Crippen LogP contribution in [-0.2, 0) is 6.42 Å². The molecule has 0 aromatic heterocycles. The molecule has 0 heterocycles. The Morgan fingerprint density at radius 1 is 0.581 bits per heavy atom. The molecule has 158 valence electrons. The van der Waals surface area contributed by atoms with E-state index >= 15 is 0 Å². The molecule has 4 rings (SSSR count). The second-order valence-corrected chi connectivity index (χ2v) is 16.8. The van der Waals surface area contributed by atoms with Gasteiger partial charge in [-0.3, -0.25) is 0 Å². The molecule has 0 aliphatic heterocycles. The maximum absolute atomic E-state index is 4.62. The van der Waals surface area contributed by atoms with Crippen LogP contribution in [-0.4, -0.2) is 0 Å². The van der Waals surface area contributed by atoms with Crippen molar-refractivity contribution < 1.29 is 0 Å². The van der Waals surface area contributed by atoms with Crippen LogP contribution in [0.15, 0.2) is 97.1 Å². The van der Waals surface area contributed by atoms with Crippen LogP contribution in [0.5, 0.6) is 0 Å². The van der Waals surface area contributed by atoms with Crippen LogP contribution < -0.4 is 21.2 Å². The minimum absolute atomic E-state index is 0.991. The van der Waals surface area contributed by atoms with Gasteiger partial charge in [-0.1, -0.05) is 0 Å². The number of rotatable bonds is 5. The monoisotopic (exact) mass is 488 g/mol. The Balaban J connectivity index is 2.26. The van der Waals surface area contributed by atoms with Crippen LogP contribution in [0.25, 0.3) is 0 Å². The summed E-state index contributed by atoms with van der Waals surface area (Å²) >= 11 is 4.62. The van der Waals surface area contributed by atoms with Gasteiger partial charge in [0.15, 0.2) is 0 Å². The standard InChI is InChI=1S/C29H30BrP/c1-5-25-21-24(4)15-20-29(25)31(30,26-9-7-6-8-10-26,27-16-11-22(2)12-17-27)28-18-13-23(3)14-19-28/h6-21H,5H2,1-4H3. The van der Waals surface area contributed by atoms with Gasteiger partial charge >= 0.3 is 195 Å². The van der Waals surface area contributed by atoms with Gasteiger partial charge in [-0.2, -0.15) is 0 Å². The fourth-order valence-electron chi connectivity index (χ4n) is 4.63. The Bertz CT molecular complexity index is 1150. The summed E-state index contributed by atoms with van der Waals surface area (Å²) in [5, 5.41) is 2.26. The third kappa shape index (κ3) is 3.49. The Morgan fingerprint density at radius 3 is 1.52 bits per heavy atom. The van der Waals surface area contributed by atoms with Gasteiger partial charge in [-0.15, -0.1) is 0 Å². The molecular formula is C29H30BrP. The molecule has 0 bridgehead atoms. The first kappa shape index (κ1) is 22.0. The van der Waals surface area contributed by atoms with Gasteiger partial charge in [-0.25, -0.2) is 0 Å². The van der Waals surface area contributed by atoms with Crippen LogP contribution in [0, 0.1) is 20.8 Å². The number of hydrogen-bond acceptors (Lipinski definition) is 0. The van der Waals surface area contributed by atoms with Gasteiger partial charge < -0.3 is 0 Å². The van der Waals surface area contributed by atoms with Crippen LogP contribution in [0.2, 0.25) is 0 Å². The molecule has 0 radical (unpaired) electrons. The van der Waals surface area contributed by atoms with Crippen molar-refractivity contribution in [3.63, 3.8) is 0 Å². The van der Waals surface area contributed by atoms with Crippen LogP contribution in [0.4, 0.5) is 0 Å². The number of aryl methyl sites for hydroxylation is 4. The summed E-state index contributed by atoms with van der Waals surface area (Å²) in [6.07, 6.45) is 0.991. The van der Waals surface area contributed by atoms with Crippen molar-refractivity contribution in [3.05, 3.63) is 119 Å². The maximum atomic E-state index is 4.62. The van der Waals surface area contributed by atoms with Gasteiger partial charge in [0.1, 0.15) is 0 Å². The summed E-state index contributed by atoms with van der Waals surface area (Å²) in [5.41, 5.74) is 5.26. The summed E-state index contributed by atoms with van der Waals surface area (Å²) < 4.78 is 0. The molecule has 0 fully saturated rings. The van der Waals surface area contributed by atoms with Gasteiger partial charge in [-0.05, 0) is 0 Å². The number of halogens is 1. The molecule has 0 saturated carbocycles. The second kappa shape index (κ2) is 8.38. The SMILES string of the molecule is CCc1cc(C)ccc1P(Br)(c1ccccc1)(c1ccc(C)cc1)c1ccc(C)cc1. The summed E-state index contributed by atoms with van der Waals surface area (Å²) in [6.45, 7) is 8.77. The molecule has 4 aromatic rings. The van der Waals surface area contributed by atoms with E-state index in [4.69, 9.17) is 0 Å². The zero-order valence-corrected chi connectivity index (χ0v) is 21.3. The molecule has 0 N–H and O–H groups in total. The van der Waals surface area contributed by atoms with E-state index in [0.29, 0.717) is 0 Å². The second-order valence-electron chi connectivity index (χ2n) is 8.50. The number of hydrogen-bond donors (Lipinski definition) is 0. The summed E-state index contributed by atoms with van der Waals surface area (Å²) in [4.78, 5) is 0. The zero-order chi connectivity index (χ0) is 22.1. The Labute approximate surface area is 195 Å². The van der Waals surface area contributed by atoms with E-state index < -0.39 is 5.31 Å². The van der Waals surface area contributed by atoms with Crippen molar-refractivity contribution in [1.29, 1.82) is 0 Å². The Kier molecular flexibility index (Phi) is 5.95. The predicted molar refractivity (Wildman–Crippen MR) is 144 cm³/mol. The third-order valence-electron chi connectivity index (χ3n) is 6.35. The van der Waals surface area contributed by atoms with Crippen LogP contribution >= 0.6 is 20.8 Å². The fraction of sp³-hybridized carbons (Fsp3) is 0.172. The molecular weight excluding hydrogens is 459 g/mol. The van der Waals surface area contributed by atoms with Gasteiger partial charge in [0.05, 0.1) is 0 Å². The molecule has 4 aromatic carbocycles. The van der Waals surface area contributed by atoms with E-state index in [1.807, 2.05) is 0 Å². The first-order chi connectivity index (χ1) is 14.9. The molecule has 0 spiro atoms. The van der Waals surface area contributed by atoms with Crippen molar-refractivity contribution in [3.8, 4) is 0 Å². The van der Waals surface area contributed by atoms with Gasteiger partial charge in [0, 0.05) is 0 Å². The van der Waals surface area contributed by atoms with E-state index in [1.54, 1.807) is 0 Å². The Hall–Kier alpha value is -2.21. The van der Waals surface area contributed by atoms with E-state index in [1.165, 1.54) is 43.5 Å². The average Bonchev–Trinajstić information content (AvgIpc) is 2.80. The summed E-state index contributed by atoms with van der Waals surface area (Å²) in [5.74, 6) is 0. The van der Waals surface area contributed by atoms with Crippen molar-refractivity contribution in [1.82, 2.24) is 0 Å². The topological polar surface area (TPSA) is 0 Å². The van der Waals surface area contributed by atoms with Crippen LogP contribution in [0.1, 0.15) is 29.2 Å².